The summed E-state index contributed by atoms with van der Waals surface area (Å²) in [5, 5.41) is 10.3. The molecule has 0 atom stereocenters. The van der Waals surface area contributed by atoms with Gasteiger partial charge in [0.1, 0.15) is 12.1 Å². The van der Waals surface area contributed by atoms with E-state index in [9.17, 15) is 4.79 Å². The van der Waals surface area contributed by atoms with E-state index in [2.05, 4.69) is 25.5 Å². The molecule has 2 heterocycles. The zero-order valence-corrected chi connectivity index (χ0v) is 15.5. The molecule has 0 aliphatic rings. The lowest BCUT2D eigenvalue weighted by Gasteiger charge is -2.11. The highest BCUT2D eigenvalue weighted by molar-refractivity contribution is 7.98. The summed E-state index contributed by atoms with van der Waals surface area (Å²) < 4.78 is 0. The lowest BCUT2D eigenvalue weighted by atomic mass is 10.1. The fourth-order valence-electron chi connectivity index (χ4n) is 2.24. The summed E-state index contributed by atoms with van der Waals surface area (Å²) in [6.07, 6.45) is 3.26. The van der Waals surface area contributed by atoms with E-state index in [-0.39, 0.29) is 5.91 Å². The number of nitrogens with zero attached hydrogens (tertiary/aromatic N) is 4. The molecular weight excluding hydrogens is 348 g/mol. The number of hydrogen-bond donors (Lipinski definition) is 2. The van der Waals surface area contributed by atoms with Gasteiger partial charge in [-0.3, -0.25) is 9.89 Å². The topological polar surface area (TPSA) is 86.8 Å². The number of aromatic nitrogens is 4. The largest absolute Gasteiger partial charge is 0.363 e. The molecule has 2 aromatic heterocycles. The predicted molar refractivity (Wildman–Crippen MR) is 102 cm³/mol. The van der Waals surface area contributed by atoms with Gasteiger partial charge in [-0.2, -0.15) is 5.10 Å². The number of H-pyrrole nitrogens is 1. The van der Waals surface area contributed by atoms with Crippen molar-refractivity contribution < 1.29 is 4.79 Å². The highest BCUT2D eigenvalue weighted by Crippen LogP contribution is 2.18. The minimum Gasteiger partial charge on any atom is -0.363 e. The number of pyridine rings is 1. The summed E-state index contributed by atoms with van der Waals surface area (Å²) in [5.74, 6) is 1.55. The Bertz CT molecular complexity index is 831. The molecule has 0 saturated heterocycles. The van der Waals surface area contributed by atoms with Gasteiger partial charge in [-0.25, -0.2) is 9.97 Å². The Hall–Kier alpha value is -2.87. The second-order valence-corrected chi connectivity index (χ2v) is 6.84. The van der Waals surface area contributed by atoms with Gasteiger partial charge < -0.3 is 10.2 Å². The van der Waals surface area contributed by atoms with Crippen molar-refractivity contribution >= 4 is 23.5 Å². The van der Waals surface area contributed by atoms with Gasteiger partial charge in [0.25, 0.3) is 5.91 Å². The van der Waals surface area contributed by atoms with Gasteiger partial charge in [0.05, 0.1) is 0 Å². The van der Waals surface area contributed by atoms with Crippen molar-refractivity contribution in [3.8, 4) is 0 Å². The van der Waals surface area contributed by atoms with Gasteiger partial charge in [0, 0.05) is 38.2 Å². The van der Waals surface area contributed by atoms with Crippen LogP contribution in [0, 0.1) is 0 Å². The average Bonchev–Trinajstić information content (AvgIpc) is 3.19. The molecule has 7 nitrogen and oxygen atoms in total. The van der Waals surface area contributed by atoms with Gasteiger partial charge in [0.15, 0.2) is 5.16 Å². The fourth-order valence-corrected chi connectivity index (χ4v) is 2.97. The average molecular weight is 368 g/mol. The van der Waals surface area contributed by atoms with Crippen LogP contribution in [0.15, 0.2) is 54.1 Å². The van der Waals surface area contributed by atoms with E-state index in [0.717, 1.165) is 27.9 Å². The zero-order valence-electron chi connectivity index (χ0n) is 14.6. The van der Waals surface area contributed by atoms with Crippen molar-refractivity contribution in [1.82, 2.24) is 25.5 Å². The fraction of sp³-hybridized carbons (Fsp3) is 0.222. The summed E-state index contributed by atoms with van der Waals surface area (Å²) in [4.78, 5) is 22.6. The van der Waals surface area contributed by atoms with Gasteiger partial charge in [-0.15, -0.1) is 0 Å². The molecule has 0 unspecified atom stereocenters. The lowest BCUT2D eigenvalue weighted by molar-refractivity contribution is 0.0951. The molecule has 0 saturated carbocycles. The normalized spacial score (nSPS) is 10.5. The number of aromatic amines is 1. The van der Waals surface area contributed by atoms with E-state index in [0.29, 0.717) is 12.1 Å². The smallest absolute Gasteiger partial charge is 0.251 e. The number of amides is 1. The van der Waals surface area contributed by atoms with Crippen molar-refractivity contribution in [2.75, 3.05) is 19.0 Å². The molecule has 1 amide bonds. The maximum Gasteiger partial charge on any atom is 0.251 e. The molecule has 0 radical (unpaired) electrons. The third kappa shape index (κ3) is 4.82. The summed E-state index contributed by atoms with van der Waals surface area (Å²) in [7, 11) is 3.88. The van der Waals surface area contributed by atoms with E-state index in [4.69, 9.17) is 0 Å². The van der Waals surface area contributed by atoms with Gasteiger partial charge >= 0.3 is 0 Å². The summed E-state index contributed by atoms with van der Waals surface area (Å²) in [5.41, 5.74) is 2.71. The first-order valence-electron chi connectivity index (χ1n) is 8.09. The first kappa shape index (κ1) is 17.9. The summed E-state index contributed by atoms with van der Waals surface area (Å²) in [6, 6.07) is 11.5. The molecule has 3 rings (SSSR count). The third-order valence-electron chi connectivity index (χ3n) is 3.70. The van der Waals surface area contributed by atoms with Crippen molar-refractivity contribution in [1.29, 1.82) is 0 Å². The highest BCUT2D eigenvalue weighted by Gasteiger charge is 2.06. The molecule has 8 heteroatoms. The number of carbonyl (C=O) groups is 1. The van der Waals surface area contributed by atoms with Crippen molar-refractivity contribution in [2.24, 2.45) is 0 Å². The van der Waals surface area contributed by atoms with Crippen LogP contribution in [0.2, 0.25) is 0 Å². The Balaban J connectivity index is 1.51. The Kier molecular flexibility index (Phi) is 5.85. The van der Waals surface area contributed by atoms with Gasteiger partial charge in [0.2, 0.25) is 0 Å². The molecular formula is C18H20N6OS. The zero-order chi connectivity index (χ0) is 18.4. The minimum atomic E-state index is -0.101. The standard InChI is InChI=1S/C18H20N6OS/c1-24(2)16-8-5-14(9-19-16)10-20-17(25)15-6-3-13(4-7-15)11-26-18-21-12-22-23-18/h3-9,12H,10-11H2,1-2H3,(H,20,25)(H,21,22,23). The Labute approximate surface area is 156 Å². The number of carbonyl (C=O) groups excluding carboxylic acids is 1. The number of hydrogen-bond acceptors (Lipinski definition) is 6. The molecule has 2 N–H and O–H groups in total. The second-order valence-electron chi connectivity index (χ2n) is 5.88. The van der Waals surface area contributed by atoms with E-state index in [1.165, 1.54) is 6.33 Å². The van der Waals surface area contributed by atoms with Crippen LogP contribution in [0.5, 0.6) is 0 Å². The van der Waals surface area contributed by atoms with Crippen LogP contribution >= 0.6 is 11.8 Å². The first-order chi connectivity index (χ1) is 12.6. The molecule has 0 aliphatic heterocycles. The summed E-state index contributed by atoms with van der Waals surface area (Å²) >= 11 is 1.56. The quantitative estimate of drug-likeness (QED) is 0.623. The van der Waals surface area contributed by atoms with Crippen molar-refractivity contribution in [2.45, 2.75) is 17.5 Å². The number of nitrogens with one attached hydrogen (secondary N) is 2. The second kappa shape index (κ2) is 8.48. The van der Waals surface area contributed by atoms with E-state index in [1.54, 1.807) is 18.0 Å². The van der Waals surface area contributed by atoms with Crippen LogP contribution in [0.3, 0.4) is 0 Å². The molecule has 26 heavy (non-hydrogen) atoms. The van der Waals surface area contributed by atoms with Crippen LogP contribution in [-0.2, 0) is 12.3 Å². The van der Waals surface area contributed by atoms with Crippen LogP contribution in [0.1, 0.15) is 21.5 Å². The highest BCUT2D eigenvalue weighted by atomic mass is 32.2. The Morgan fingerprint density at radius 1 is 1.12 bits per heavy atom. The third-order valence-corrected chi connectivity index (χ3v) is 4.65. The van der Waals surface area contributed by atoms with Crippen LogP contribution in [-0.4, -0.2) is 40.2 Å². The van der Waals surface area contributed by atoms with Crippen molar-refractivity contribution in [3.63, 3.8) is 0 Å². The van der Waals surface area contributed by atoms with Crippen molar-refractivity contribution in [3.05, 3.63) is 65.6 Å². The van der Waals surface area contributed by atoms with Crippen LogP contribution in [0.4, 0.5) is 5.82 Å². The minimum absolute atomic E-state index is 0.101. The maximum absolute atomic E-state index is 12.3. The van der Waals surface area contributed by atoms with Gasteiger partial charge in [-0.1, -0.05) is 30.0 Å². The van der Waals surface area contributed by atoms with E-state index < -0.39 is 0 Å². The number of benzene rings is 1. The van der Waals surface area contributed by atoms with Gasteiger partial charge in [-0.05, 0) is 29.3 Å². The Morgan fingerprint density at radius 2 is 1.88 bits per heavy atom. The Morgan fingerprint density at radius 3 is 2.50 bits per heavy atom. The SMILES string of the molecule is CN(C)c1ccc(CNC(=O)c2ccc(CSc3ncn[nH]3)cc2)cn1. The summed E-state index contributed by atoms with van der Waals surface area (Å²) in [6.45, 7) is 0.447. The van der Waals surface area contributed by atoms with Crippen LogP contribution in [0.25, 0.3) is 0 Å². The maximum atomic E-state index is 12.3. The molecule has 134 valence electrons. The van der Waals surface area contributed by atoms with E-state index in [1.807, 2.05) is 55.4 Å². The van der Waals surface area contributed by atoms with E-state index >= 15 is 0 Å². The molecule has 1 aromatic carbocycles. The molecule has 3 aromatic rings. The number of rotatable bonds is 7. The number of anilines is 1. The molecule has 0 aliphatic carbocycles. The monoisotopic (exact) mass is 368 g/mol. The first-order valence-corrected chi connectivity index (χ1v) is 9.08. The molecule has 0 spiro atoms. The number of thioether (sulfide) groups is 1. The van der Waals surface area contributed by atoms with Crippen LogP contribution < -0.4 is 10.2 Å². The predicted octanol–water partition coefficient (Wildman–Crippen LogP) is 2.49. The molecule has 0 fully saturated rings. The lowest BCUT2D eigenvalue weighted by Crippen LogP contribution is -2.23. The molecule has 0 bridgehead atoms.